The number of halogens is 1. The molecule has 0 bridgehead atoms. The van der Waals surface area contributed by atoms with E-state index in [0.29, 0.717) is 18.8 Å². The van der Waals surface area contributed by atoms with Crippen LogP contribution < -0.4 is 14.4 Å². The van der Waals surface area contributed by atoms with Gasteiger partial charge in [-0.2, -0.15) is 0 Å². The van der Waals surface area contributed by atoms with Crippen molar-refractivity contribution in [2.24, 2.45) is 0 Å². The SMILES string of the molecule is CCOc1ccc(S(=O)(=O)N(CC(=O)NC(C)(C)CC)c2ccc(F)cc2)cc1. The Morgan fingerprint density at radius 2 is 1.66 bits per heavy atom. The lowest BCUT2D eigenvalue weighted by molar-refractivity contribution is -0.121. The van der Waals surface area contributed by atoms with Gasteiger partial charge in [-0.3, -0.25) is 9.10 Å². The van der Waals surface area contributed by atoms with Crippen LogP contribution in [0.2, 0.25) is 0 Å². The third-order valence-corrected chi connectivity index (χ3v) is 6.27. The van der Waals surface area contributed by atoms with E-state index >= 15 is 0 Å². The summed E-state index contributed by atoms with van der Waals surface area (Å²) >= 11 is 0. The summed E-state index contributed by atoms with van der Waals surface area (Å²) in [6.07, 6.45) is 0.681. The Hall–Kier alpha value is -2.61. The van der Waals surface area contributed by atoms with Crippen molar-refractivity contribution in [3.8, 4) is 5.75 Å². The van der Waals surface area contributed by atoms with Crippen LogP contribution in [0.25, 0.3) is 0 Å². The lowest BCUT2D eigenvalue weighted by atomic mass is 10.0. The molecule has 1 N–H and O–H groups in total. The van der Waals surface area contributed by atoms with Crippen LogP contribution in [-0.4, -0.2) is 33.0 Å². The zero-order chi connectivity index (χ0) is 21.7. The summed E-state index contributed by atoms with van der Waals surface area (Å²) in [5, 5.41) is 2.83. The normalized spacial score (nSPS) is 11.8. The molecule has 8 heteroatoms. The van der Waals surface area contributed by atoms with Crippen LogP contribution in [0.15, 0.2) is 53.4 Å². The Morgan fingerprint density at radius 3 is 2.17 bits per heavy atom. The van der Waals surface area contributed by atoms with Crippen LogP contribution >= 0.6 is 0 Å². The monoisotopic (exact) mass is 422 g/mol. The molecule has 1 amide bonds. The van der Waals surface area contributed by atoms with E-state index in [1.54, 1.807) is 12.1 Å². The summed E-state index contributed by atoms with van der Waals surface area (Å²) in [6, 6.07) is 10.9. The van der Waals surface area contributed by atoms with Crippen LogP contribution in [0.3, 0.4) is 0 Å². The van der Waals surface area contributed by atoms with E-state index < -0.39 is 33.8 Å². The fraction of sp³-hybridized carbons (Fsp3) is 0.381. The van der Waals surface area contributed by atoms with Gasteiger partial charge in [-0.15, -0.1) is 0 Å². The number of benzene rings is 2. The molecule has 0 radical (unpaired) electrons. The maximum atomic E-state index is 13.4. The van der Waals surface area contributed by atoms with E-state index in [1.807, 2.05) is 27.7 Å². The van der Waals surface area contributed by atoms with Crippen LogP contribution in [-0.2, 0) is 14.8 Å². The molecular weight excluding hydrogens is 395 g/mol. The van der Waals surface area contributed by atoms with E-state index in [0.717, 1.165) is 16.4 Å². The third-order valence-electron chi connectivity index (χ3n) is 4.49. The van der Waals surface area contributed by atoms with Gasteiger partial charge in [0.1, 0.15) is 18.1 Å². The summed E-state index contributed by atoms with van der Waals surface area (Å²) in [6.45, 7) is 7.50. The summed E-state index contributed by atoms with van der Waals surface area (Å²) < 4.78 is 46.2. The molecule has 29 heavy (non-hydrogen) atoms. The third kappa shape index (κ3) is 5.93. The molecule has 2 aromatic rings. The number of nitrogens with one attached hydrogen (secondary N) is 1. The van der Waals surface area contributed by atoms with Gasteiger partial charge in [0.05, 0.1) is 17.2 Å². The predicted octanol–water partition coefficient (Wildman–Crippen LogP) is 3.72. The second-order valence-corrected chi connectivity index (χ2v) is 9.04. The zero-order valence-corrected chi connectivity index (χ0v) is 17.9. The van der Waals surface area contributed by atoms with Crippen molar-refractivity contribution in [3.63, 3.8) is 0 Å². The highest BCUT2D eigenvalue weighted by molar-refractivity contribution is 7.92. The van der Waals surface area contributed by atoms with E-state index in [-0.39, 0.29) is 10.6 Å². The fourth-order valence-electron chi connectivity index (χ4n) is 2.56. The summed E-state index contributed by atoms with van der Waals surface area (Å²) in [4.78, 5) is 12.6. The number of hydrogen-bond acceptors (Lipinski definition) is 4. The Labute approximate surface area is 171 Å². The number of ether oxygens (including phenoxy) is 1. The maximum Gasteiger partial charge on any atom is 0.264 e. The van der Waals surface area contributed by atoms with Crippen LogP contribution in [0.1, 0.15) is 34.1 Å². The highest BCUT2D eigenvalue weighted by atomic mass is 32.2. The number of rotatable bonds is 9. The predicted molar refractivity (Wildman–Crippen MR) is 111 cm³/mol. The first-order valence-electron chi connectivity index (χ1n) is 9.41. The highest BCUT2D eigenvalue weighted by Crippen LogP contribution is 2.25. The minimum atomic E-state index is -4.06. The highest BCUT2D eigenvalue weighted by Gasteiger charge is 2.29. The van der Waals surface area contributed by atoms with Gasteiger partial charge >= 0.3 is 0 Å². The van der Waals surface area contributed by atoms with Crippen LogP contribution in [0.4, 0.5) is 10.1 Å². The van der Waals surface area contributed by atoms with Crippen molar-refractivity contribution in [1.82, 2.24) is 5.32 Å². The molecule has 2 aromatic carbocycles. The maximum absolute atomic E-state index is 13.4. The van der Waals surface area contributed by atoms with Gasteiger partial charge in [0.15, 0.2) is 0 Å². The second kappa shape index (κ2) is 9.26. The van der Waals surface area contributed by atoms with Crippen molar-refractivity contribution in [1.29, 1.82) is 0 Å². The molecular formula is C21H27FN2O4S. The molecule has 0 heterocycles. The fourth-order valence-corrected chi connectivity index (χ4v) is 3.98. The van der Waals surface area contributed by atoms with Gasteiger partial charge in [-0.25, -0.2) is 12.8 Å². The van der Waals surface area contributed by atoms with Crippen LogP contribution in [0, 0.1) is 5.82 Å². The molecule has 0 fully saturated rings. The van der Waals surface area contributed by atoms with Gasteiger partial charge in [-0.05, 0) is 75.7 Å². The molecule has 0 saturated carbocycles. The standard InChI is InChI=1S/C21H27FN2O4S/c1-5-21(3,4)23-20(25)15-24(17-9-7-16(22)8-10-17)29(26,27)19-13-11-18(12-14-19)28-6-2/h7-14H,5-6,15H2,1-4H3,(H,23,25). The zero-order valence-electron chi connectivity index (χ0n) is 17.1. The first-order chi connectivity index (χ1) is 13.6. The van der Waals surface area contributed by atoms with Gasteiger partial charge in [0.2, 0.25) is 5.91 Å². The molecule has 0 aliphatic heterocycles. The average Bonchev–Trinajstić information content (AvgIpc) is 2.67. The second-order valence-electron chi connectivity index (χ2n) is 7.18. The number of carbonyl (C=O) groups is 1. The van der Waals surface area contributed by atoms with Crippen molar-refractivity contribution < 1.29 is 22.3 Å². The lowest BCUT2D eigenvalue weighted by Gasteiger charge is -2.28. The van der Waals surface area contributed by atoms with Crippen molar-refractivity contribution in [2.75, 3.05) is 17.5 Å². The van der Waals surface area contributed by atoms with E-state index in [4.69, 9.17) is 4.74 Å². The minimum Gasteiger partial charge on any atom is -0.494 e. The number of nitrogens with zero attached hydrogens (tertiary/aromatic N) is 1. The number of anilines is 1. The summed E-state index contributed by atoms with van der Waals surface area (Å²) in [5.74, 6) is -0.401. The molecule has 0 spiro atoms. The number of carbonyl (C=O) groups excluding carboxylic acids is 1. The molecule has 0 aromatic heterocycles. The molecule has 158 valence electrons. The lowest BCUT2D eigenvalue weighted by Crippen LogP contribution is -2.48. The molecule has 2 rings (SSSR count). The number of amides is 1. The Bertz CT molecular complexity index is 926. The van der Waals surface area contributed by atoms with E-state index in [1.165, 1.54) is 24.3 Å². The van der Waals surface area contributed by atoms with Crippen molar-refractivity contribution in [2.45, 2.75) is 44.6 Å². The van der Waals surface area contributed by atoms with Gasteiger partial charge in [-0.1, -0.05) is 6.92 Å². The Morgan fingerprint density at radius 1 is 1.07 bits per heavy atom. The van der Waals surface area contributed by atoms with Crippen molar-refractivity contribution >= 4 is 21.6 Å². The Balaban J connectivity index is 2.40. The smallest absolute Gasteiger partial charge is 0.264 e. The average molecular weight is 423 g/mol. The first kappa shape index (κ1) is 22.7. The molecule has 6 nitrogen and oxygen atoms in total. The molecule has 0 unspecified atom stereocenters. The number of hydrogen-bond donors (Lipinski definition) is 1. The molecule has 0 saturated heterocycles. The van der Waals surface area contributed by atoms with Gasteiger partial charge < -0.3 is 10.1 Å². The topological polar surface area (TPSA) is 75.7 Å². The molecule has 0 aliphatic carbocycles. The van der Waals surface area contributed by atoms with Crippen molar-refractivity contribution in [3.05, 3.63) is 54.3 Å². The van der Waals surface area contributed by atoms with Gasteiger partial charge in [0.25, 0.3) is 10.0 Å². The van der Waals surface area contributed by atoms with E-state index in [9.17, 15) is 17.6 Å². The molecule has 0 atom stereocenters. The minimum absolute atomic E-state index is 0.00725. The Kier molecular flexibility index (Phi) is 7.24. The van der Waals surface area contributed by atoms with Crippen LogP contribution in [0.5, 0.6) is 5.75 Å². The van der Waals surface area contributed by atoms with E-state index in [2.05, 4.69) is 5.32 Å². The summed E-state index contributed by atoms with van der Waals surface area (Å²) in [5.41, 5.74) is -0.279. The largest absolute Gasteiger partial charge is 0.494 e. The van der Waals surface area contributed by atoms with Gasteiger partial charge in [0, 0.05) is 5.54 Å². The first-order valence-corrected chi connectivity index (χ1v) is 10.8. The summed E-state index contributed by atoms with van der Waals surface area (Å²) in [7, 11) is -4.06. The quantitative estimate of drug-likeness (QED) is 0.668. The molecule has 0 aliphatic rings. The number of sulfonamides is 1.